The van der Waals surface area contributed by atoms with Crippen molar-refractivity contribution in [1.29, 1.82) is 0 Å². The molecule has 0 bridgehead atoms. The maximum absolute atomic E-state index is 13.0. The second-order valence-electron chi connectivity index (χ2n) is 4.40. The molecule has 1 rings (SSSR count). The van der Waals surface area contributed by atoms with Crippen LogP contribution in [0.2, 0.25) is 0 Å². The van der Waals surface area contributed by atoms with Gasteiger partial charge in [-0.15, -0.1) is 12.4 Å². The molecule has 1 atom stereocenters. The topological polar surface area (TPSA) is 32.3 Å². The van der Waals surface area contributed by atoms with Crippen molar-refractivity contribution < 1.29 is 13.6 Å². The van der Waals surface area contributed by atoms with Gasteiger partial charge in [0.15, 0.2) is 11.6 Å². The summed E-state index contributed by atoms with van der Waals surface area (Å²) in [5.74, 6) is -1.95. The maximum Gasteiger partial charge on any atom is 0.226 e. The predicted molar refractivity (Wildman–Crippen MR) is 73.2 cm³/mol. The zero-order valence-electron chi connectivity index (χ0n) is 11.2. The normalized spacial score (nSPS) is 11.6. The lowest BCUT2D eigenvalue weighted by molar-refractivity contribution is -0.134. The molecule has 1 N–H and O–H groups in total. The lowest BCUT2D eigenvalue weighted by atomic mass is 10.1. The molecule has 0 fully saturated rings. The van der Waals surface area contributed by atoms with Crippen LogP contribution in [0.4, 0.5) is 8.78 Å². The molecule has 0 aliphatic heterocycles. The van der Waals surface area contributed by atoms with Crippen LogP contribution in [-0.4, -0.2) is 31.4 Å². The Balaban J connectivity index is 0.00000324. The summed E-state index contributed by atoms with van der Waals surface area (Å²) >= 11 is 0. The summed E-state index contributed by atoms with van der Waals surface area (Å²) < 4.78 is 25.8. The van der Waals surface area contributed by atoms with E-state index in [2.05, 4.69) is 5.32 Å². The molecule has 1 aromatic rings. The average molecular weight is 293 g/mol. The van der Waals surface area contributed by atoms with Crippen molar-refractivity contribution in [3.8, 4) is 0 Å². The van der Waals surface area contributed by atoms with Gasteiger partial charge in [-0.05, 0) is 24.7 Å². The maximum atomic E-state index is 13.0. The van der Waals surface area contributed by atoms with Gasteiger partial charge in [0, 0.05) is 26.1 Å². The molecule has 1 aromatic carbocycles. The van der Waals surface area contributed by atoms with Crippen LogP contribution >= 0.6 is 12.4 Å². The molecule has 0 radical (unpaired) electrons. The number of amides is 1. The Morgan fingerprint density at radius 1 is 1.37 bits per heavy atom. The Kier molecular flexibility index (Phi) is 7.56. The number of rotatable bonds is 5. The van der Waals surface area contributed by atoms with E-state index in [9.17, 15) is 13.6 Å². The van der Waals surface area contributed by atoms with E-state index in [1.807, 2.05) is 6.92 Å². The van der Waals surface area contributed by atoms with Crippen LogP contribution < -0.4 is 5.32 Å². The first-order chi connectivity index (χ1) is 8.45. The molecule has 1 amide bonds. The monoisotopic (exact) mass is 292 g/mol. The molecule has 0 heterocycles. The summed E-state index contributed by atoms with van der Waals surface area (Å²) in [5, 5.41) is 2.93. The van der Waals surface area contributed by atoms with Crippen molar-refractivity contribution in [3.05, 3.63) is 35.4 Å². The fourth-order valence-corrected chi connectivity index (χ4v) is 1.76. The van der Waals surface area contributed by atoms with Crippen LogP contribution in [0.15, 0.2) is 18.2 Å². The van der Waals surface area contributed by atoms with Gasteiger partial charge in [-0.2, -0.15) is 0 Å². The fraction of sp³-hybridized carbons (Fsp3) is 0.462. The minimum absolute atomic E-state index is 0. The number of benzene rings is 1. The number of hydrogen-bond acceptors (Lipinski definition) is 2. The highest BCUT2D eigenvalue weighted by molar-refractivity contribution is 5.85. The van der Waals surface area contributed by atoms with E-state index in [4.69, 9.17) is 0 Å². The summed E-state index contributed by atoms with van der Waals surface area (Å²) in [6.07, 6.45) is 0. The first-order valence-electron chi connectivity index (χ1n) is 5.79. The third kappa shape index (κ3) is 5.12. The molecule has 0 spiro atoms. The summed E-state index contributed by atoms with van der Waals surface area (Å²) in [6, 6.07) is 3.66. The molecule has 19 heavy (non-hydrogen) atoms. The summed E-state index contributed by atoms with van der Waals surface area (Å²) in [7, 11) is 3.43. The number of carbonyl (C=O) groups is 1. The van der Waals surface area contributed by atoms with Crippen molar-refractivity contribution in [2.24, 2.45) is 5.92 Å². The quantitative estimate of drug-likeness (QED) is 0.902. The largest absolute Gasteiger partial charge is 0.341 e. The van der Waals surface area contributed by atoms with E-state index in [1.165, 1.54) is 11.0 Å². The number of carbonyl (C=O) groups excluding carboxylic acids is 1. The van der Waals surface area contributed by atoms with Crippen LogP contribution in [0.5, 0.6) is 0 Å². The van der Waals surface area contributed by atoms with Gasteiger partial charge in [0.25, 0.3) is 0 Å². The smallest absolute Gasteiger partial charge is 0.226 e. The molecule has 6 heteroatoms. The molecule has 3 nitrogen and oxygen atoms in total. The Bertz CT molecular complexity index is 429. The van der Waals surface area contributed by atoms with Crippen LogP contribution in [-0.2, 0) is 11.3 Å². The molecular formula is C13H19ClF2N2O. The molecule has 0 aliphatic carbocycles. The third-order valence-corrected chi connectivity index (χ3v) is 2.71. The highest BCUT2D eigenvalue weighted by atomic mass is 35.5. The standard InChI is InChI=1S/C13H18F2N2O.ClH/c1-9(7-16-2)13(18)17(3)8-10-4-5-11(14)12(15)6-10;/h4-6,9,16H,7-8H2,1-3H3;1H. The molecule has 0 saturated carbocycles. The molecular weight excluding hydrogens is 274 g/mol. The molecule has 0 saturated heterocycles. The van der Waals surface area contributed by atoms with Gasteiger partial charge in [0.05, 0.1) is 0 Å². The Labute approximate surface area is 118 Å². The Morgan fingerprint density at radius 3 is 2.53 bits per heavy atom. The van der Waals surface area contributed by atoms with Crippen molar-refractivity contribution in [1.82, 2.24) is 10.2 Å². The minimum Gasteiger partial charge on any atom is -0.341 e. The second kappa shape index (κ2) is 8.07. The fourth-order valence-electron chi connectivity index (χ4n) is 1.76. The van der Waals surface area contributed by atoms with Crippen molar-refractivity contribution in [2.45, 2.75) is 13.5 Å². The average Bonchev–Trinajstić information content (AvgIpc) is 2.33. The number of halogens is 3. The predicted octanol–water partition coefficient (Wildman–Crippen LogP) is 2.20. The van der Waals surface area contributed by atoms with E-state index in [1.54, 1.807) is 14.1 Å². The summed E-state index contributed by atoms with van der Waals surface area (Å²) in [6.45, 7) is 2.67. The second-order valence-corrected chi connectivity index (χ2v) is 4.40. The molecule has 0 aliphatic rings. The lowest BCUT2D eigenvalue weighted by Crippen LogP contribution is -2.35. The lowest BCUT2D eigenvalue weighted by Gasteiger charge is -2.21. The number of nitrogens with one attached hydrogen (secondary N) is 1. The summed E-state index contributed by atoms with van der Waals surface area (Å²) in [5.41, 5.74) is 0.571. The molecule has 0 aromatic heterocycles. The Morgan fingerprint density at radius 2 is 2.00 bits per heavy atom. The van der Waals surface area contributed by atoms with E-state index >= 15 is 0 Å². The molecule has 1 unspecified atom stereocenters. The van der Waals surface area contributed by atoms with Crippen LogP contribution in [0.3, 0.4) is 0 Å². The van der Waals surface area contributed by atoms with Crippen molar-refractivity contribution >= 4 is 18.3 Å². The first kappa shape index (κ1) is 17.8. The van der Waals surface area contributed by atoms with Crippen LogP contribution in [0.1, 0.15) is 12.5 Å². The van der Waals surface area contributed by atoms with E-state index in [0.717, 1.165) is 12.1 Å². The molecule has 108 valence electrons. The Hall–Kier alpha value is -1.20. The third-order valence-electron chi connectivity index (χ3n) is 2.71. The van der Waals surface area contributed by atoms with Crippen molar-refractivity contribution in [2.75, 3.05) is 20.6 Å². The van der Waals surface area contributed by atoms with Gasteiger partial charge < -0.3 is 10.2 Å². The van der Waals surface area contributed by atoms with Crippen molar-refractivity contribution in [3.63, 3.8) is 0 Å². The summed E-state index contributed by atoms with van der Waals surface area (Å²) in [4.78, 5) is 13.4. The first-order valence-corrected chi connectivity index (χ1v) is 5.79. The highest BCUT2D eigenvalue weighted by Gasteiger charge is 2.17. The zero-order valence-corrected chi connectivity index (χ0v) is 12.1. The van der Waals surface area contributed by atoms with E-state index < -0.39 is 11.6 Å². The van der Waals surface area contributed by atoms with Gasteiger partial charge >= 0.3 is 0 Å². The number of nitrogens with zero attached hydrogens (tertiary/aromatic N) is 1. The van der Waals surface area contributed by atoms with Crippen LogP contribution in [0, 0.1) is 17.6 Å². The highest BCUT2D eigenvalue weighted by Crippen LogP contribution is 2.11. The van der Waals surface area contributed by atoms with E-state index in [-0.39, 0.29) is 30.8 Å². The van der Waals surface area contributed by atoms with E-state index in [0.29, 0.717) is 12.1 Å². The van der Waals surface area contributed by atoms with Gasteiger partial charge in [0.2, 0.25) is 5.91 Å². The van der Waals surface area contributed by atoms with Crippen LogP contribution in [0.25, 0.3) is 0 Å². The number of hydrogen-bond donors (Lipinski definition) is 1. The van der Waals surface area contributed by atoms with Gasteiger partial charge in [-0.25, -0.2) is 8.78 Å². The van der Waals surface area contributed by atoms with Gasteiger partial charge in [0.1, 0.15) is 0 Å². The zero-order chi connectivity index (χ0) is 13.7. The van der Waals surface area contributed by atoms with Gasteiger partial charge in [-0.1, -0.05) is 13.0 Å². The minimum atomic E-state index is -0.892. The van der Waals surface area contributed by atoms with Gasteiger partial charge in [-0.3, -0.25) is 4.79 Å². The SMILES string of the molecule is CNCC(C)C(=O)N(C)Cc1ccc(F)c(F)c1.Cl.